The lowest BCUT2D eigenvalue weighted by atomic mass is 9.93. The Labute approximate surface area is 102 Å². The molecule has 0 fully saturated rings. The lowest BCUT2D eigenvalue weighted by Gasteiger charge is -2.19. The van der Waals surface area contributed by atoms with E-state index in [9.17, 15) is 14.7 Å². The van der Waals surface area contributed by atoms with Gasteiger partial charge in [0.25, 0.3) is 0 Å². The normalized spacial score (nSPS) is 22.3. The van der Waals surface area contributed by atoms with Crippen molar-refractivity contribution in [1.29, 1.82) is 0 Å². The van der Waals surface area contributed by atoms with Crippen LogP contribution in [0.4, 0.5) is 0 Å². The van der Waals surface area contributed by atoms with Crippen molar-refractivity contribution in [3.8, 4) is 0 Å². The van der Waals surface area contributed by atoms with Gasteiger partial charge in [-0.1, -0.05) is 6.92 Å². The lowest BCUT2D eigenvalue weighted by molar-refractivity contribution is -0.139. The molecule has 0 aliphatic carbocycles. The zero-order valence-corrected chi connectivity index (χ0v) is 10.4. The van der Waals surface area contributed by atoms with Crippen LogP contribution >= 0.6 is 0 Å². The molecule has 1 rings (SSSR count). The van der Waals surface area contributed by atoms with Crippen LogP contribution in [0, 0.1) is 0 Å². The van der Waals surface area contributed by atoms with Gasteiger partial charge in [-0.2, -0.15) is 0 Å². The molecule has 0 saturated carbocycles. The summed E-state index contributed by atoms with van der Waals surface area (Å²) in [6.07, 6.45) is 6.13. The number of rotatable bonds is 7. The summed E-state index contributed by atoms with van der Waals surface area (Å²) >= 11 is 0. The van der Waals surface area contributed by atoms with Gasteiger partial charge in [-0.3, -0.25) is 4.79 Å². The number of hydrogen-bond donors (Lipinski definition) is 1. The van der Waals surface area contributed by atoms with E-state index in [0.29, 0.717) is 12.8 Å². The number of carbonyl (C=O) groups excluding carboxylic acids is 2. The molecule has 2 atom stereocenters. The first-order valence-electron chi connectivity index (χ1n) is 6.10. The average molecular weight is 240 g/mol. The van der Waals surface area contributed by atoms with Gasteiger partial charge < -0.3 is 9.84 Å². The highest BCUT2D eigenvalue weighted by atomic mass is 16.5. The third-order valence-corrected chi connectivity index (χ3v) is 3.15. The van der Waals surface area contributed by atoms with Crippen molar-refractivity contribution in [3.63, 3.8) is 0 Å². The van der Waals surface area contributed by atoms with Gasteiger partial charge in [0.2, 0.25) is 0 Å². The summed E-state index contributed by atoms with van der Waals surface area (Å²) in [5.41, 5.74) is -1.19. The quantitative estimate of drug-likeness (QED) is 0.544. The molecule has 0 aromatic rings. The number of aliphatic hydroxyl groups is 1. The molecule has 0 bridgehead atoms. The molecule has 0 unspecified atom stereocenters. The van der Waals surface area contributed by atoms with Gasteiger partial charge in [0.05, 0.1) is 0 Å². The number of carbonyl (C=O) groups is 2. The summed E-state index contributed by atoms with van der Waals surface area (Å²) in [5.74, 6) is -0.404. The molecule has 0 spiro atoms. The first kappa shape index (κ1) is 13.9. The Balaban J connectivity index is 2.14. The highest BCUT2D eigenvalue weighted by molar-refractivity contribution is 5.86. The van der Waals surface area contributed by atoms with Crippen LogP contribution in [0.5, 0.6) is 0 Å². The lowest BCUT2D eigenvalue weighted by Crippen LogP contribution is -2.33. The second-order valence-electron chi connectivity index (χ2n) is 4.63. The highest BCUT2D eigenvalue weighted by Crippen LogP contribution is 2.17. The van der Waals surface area contributed by atoms with Gasteiger partial charge in [0.15, 0.2) is 5.78 Å². The molecule has 0 aromatic carbocycles. The average Bonchev–Trinajstić information content (AvgIpc) is 2.70. The third kappa shape index (κ3) is 4.30. The van der Waals surface area contributed by atoms with E-state index < -0.39 is 5.60 Å². The number of ether oxygens (including phenoxy) is 1. The van der Waals surface area contributed by atoms with E-state index in [4.69, 9.17) is 4.74 Å². The molecule has 0 amide bonds. The van der Waals surface area contributed by atoms with Gasteiger partial charge >= 0.3 is 5.97 Å². The van der Waals surface area contributed by atoms with Crippen molar-refractivity contribution in [2.24, 2.45) is 0 Å². The molecule has 0 radical (unpaired) electrons. The molecule has 96 valence electrons. The fourth-order valence-corrected chi connectivity index (χ4v) is 1.67. The molecule has 1 aliphatic rings. The van der Waals surface area contributed by atoms with Crippen molar-refractivity contribution in [1.82, 2.24) is 0 Å². The minimum absolute atomic E-state index is 0.112. The molecule has 1 heterocycles. The van der Waals surface area contributed by atoms with Gasteiger partial charge in [0.1, 0.15) is 11.7 Å². The molecule has 0 aromatic heterocycles. The van der Waals surface area contributed by atoms with Crippen LogP contribution in [0.2, 0.25) is 0 Å². The predicted molar refractivity (Wildman–Crippen MR) is 63.4 cm³/mol. The number of cyclic esters (lactones) is 1. The Morgan fingerprint density at radius 2 is 2.24 bits per heavy atom. The second kappa shape index (κ2) is 5.96. The third-order valence-electron chi connectivity index (χ3n) is 3.15. The summed E-state index contributed by atoms with van der Waals surface area (Å²) in [4.78, 5) is 22.4. The van der Waals surface area contributed by atoms with Gasteiger partial charge in [-0.25, -0.2) is 4.79 Å². The van der Waals surface area contributed by atoms with Crippen molar-refractivity contribution in [3.05, 3.63) is 12.2 Å². The van der Waals surface area contributed by atoms with Crippen LogP contribution in [0.3, 0.4) is 0 Å². The molecule has 1 aliphatic heterocycles. The minimum Gasteiger partial charge on any atom is -0.455 e. The van der Waals surface area contributed by atoms with E-state index in [0.717, 1.165) is 19.3 Å². The monoisotopic (exact) mass is 240 g/mol. The van der Waals surface area contributed by atoms with E-state index in [1.165, 1.54) is 6.08 Å². The topological polar surface area (TPSA) is 63.6 Å². The molecule has 1 N–H and O–H groups in total. The fraction of sp³-hybridized carbons (Fsp3) is 0.692. The number of hydrogen-bond acceptors (Lipinski definition) is 4. The van der Waals surface area contributed by atoms with Crippen LogP contribution in [-0.2, 0) is 14.3 Å². The molecular formula is C13H20O4. The van der Waals surface area contributed by atoms with Gasteiger partial charge in [-0.15, -0.1) is 0 Å². The van der Waals surface area contributed by atoms with Crippen LogP contribution in [0.1, 0.15) is 46.0 Å². The molecular weight excluding hydrogens is 220 g/mol. The smallest absolute Gasteiger partial charge is 0.331 e. The van der Waals surface area contributed by atoms with Crippen LogP contribution in [0.25, 0.3) is 0 Å². The summed E-state index contributed by atoms with van der Waals surface area (Å²) in [7, 11) is 0. The maximum Gasteiger partial charge on any atom is 0.331 e. The SMILES string of the molecule is CC[C@@](C)(O)C(=O)CCCC[C@H]1C=CC(=O)O1. The molecule has 4 heteroatoms. The first-order valence-corrected chi connectivity index (χ1v) is 6.10. The Morgan fingerprint density at radius 3 is 2.76 bits per heavy atom. The summed E-state index contributed by atoms with van der Waals surface area (Å²) in [6.45, 7) is 3.34. The summed E-state index contributed by atoms with van der Waals surface area (Å²) in [5, 5.41) is 9.71. The van der Waals surface area contributed by atoms with Crippen molar-refractivity contribution in [2.45, 2.75) is 57.7 Å². The summed E-state index contributed by atoms with van der Waals surface area (Å²) in [6, 6.07) is 0. The van der Waals surface area contributed by atoms with E-state index in [1.807, 2.05) is 0 Å². The Bertz CT molecular complexity index is 317. The number of Topliss-reactive ketones (excluding diaryl/α,β-unsaturated/α-hetero) is 1. The number of ketones is 1. The number of esters is 1. The standard InChI is InChI=1S/C13H20O4/c1-3-13(2,16)11(14)7-5-4-6-10-8-9-12(15)17-10/h8-10,16H,3-7H2,1-2H3/t10-,13+/m0/s1. The maximum absolute atomic E-state index is 11.6. The van der Waals surface area contributed by atoms with Crippen molar-refractivity contribution in [2.75, 3.05) is 0 Å². The largest absolute Gasteiger partial charge is 0.455 e. The fourth-order valence-electron chi connectivity index (χ4n) is 1.67. The van der Waals surface area contributed by atoms with Crippen molar-refractivity contribution >= 4 is 11.8 Å². The zero-order valence-electron chi connectivity index (χ0n) is 10.4. The predicted octanol–water partition coefficient (Wildman–Crippen LogP) is 1.76. The van der Waals surface area contributed by atoms with E-state index in [1.54, 1.807) is 19.9 Å². The van der Waals surface area contributed by atoms with Gasteiger partial charge in [-0.05, 0) is 38.7 Å². The second-order valence-corrected chi connectivity index (χ2v) is 4.63. The van der Waals surface area contributed by atoms with E-state index in [-0.39, 0.29) is 17.9 Å². The Hall–Kier alpha value is -1.16. The highest BCUT2D eigenvalue weighted by Gasteiger charge is 2.26. The number of unbranched alkanes of at least 4 members (excludes halogenated alkanes) is 1. The van der Waals surface area contributed by atoms with E-state index >= 15 is 0 Å². The maximum atomic E-state index is 11.6. The minimum atomic E-state index is -1.19. The Morgan fingerprint density at radius 1 is 1.53 bits per heavy atom. The Kier molecular flexibility index (Phi) is 4.87. The van der Waals surface area contributed by atoms with Crippen LogP contribution < -0.4 is 0 Å². The summed E-state index contributed by atoms with van der Waals surface area (Å²) < 4.78 is 4.97. The van der Waals surface area contributed by atoms with Gasteiger partial charge in [0, 0.05) is 12.5 Å². The van der Waals surface area contributed by atoms with Crippen molar-refractivity contribution < 1.29 is 19.4 Å². The van der Waals surface area contributed by atoms with Crippen LogP contribution in [-0.4, -0.2) is 28.6 Å². The zero-order chi connectivity index (χ0) is 12.9. The molecule has 4 nitrogen and oxygen atoms in total. The first-order chi connectivity index (χ1) is 7.95. The van der Waals surface area contributed by atoms with E-state index in [2.05, 4.69) is 0 Å². The molecule has 17 heavy (non-hydrogen) atoms. The molecule has 0 saturated heterocycles. The van der Waals surface area contributed by atoms with Crippen LogP contribution in [0.15, 0.2) is 12.2 Å².